The minimum absolute atomic E-state index is 0.116. The number of hydrogen-bond acceptors (Lipinski definition) is 5. The summed E-state index contributed by atoms with van der Waals surface area (Å²) in [7, 11) is 0. The molecule has 19 heavy (non-hydrogen) atoms. The normalized spacial score (nSPS) is 19.3. The maximum atomic E-state index is 11.6. The van der Waals surface area contributed by atoms with E-state index in [4.69, 9.17) is 4.42 Å². The van der Waals surface area contributed by atoms with Crippen LogP contribution < -0.4 is 10.6 Å². The van der Waals surface area contributed by atoms with Crippen LogP contribution in [0.2, 0.25) is 0 Å². The van der Waals surface area contributed by atoms with E-state index in [0.29, 0.717) is 25.3 Å². The van der Waals surface area contributed by atoms with Gasteiger partial charge >= 0.3 is 6.03 Å². The molecular formula is C12H17N3O4. The van der Waals surface area contributed by atoms with E-state index in [2.05, 4.69) is 10.6 Å². The van der Waals surface area contributed by atoms with Gasteiger partial charge in [-0.2, -0.15) is 0 Å². The predicted octanol–water partition coefficient (Wildman–Crippen LogP) is -0.328. The lowest BCUT2D eigenvalue weighted by Gasteiger charge is -2.13. The number of aliphatic hydroxyl groups excluding tert-OH is 1. The molecule has 1 aromatic heterocycles. The molecule has 2 rings (SSSR count). The monoisotopic (exact) mass is 267 g/mol. The Bertz CT molecular complexity index is 432. The van der Waals surface area contributed by atoms with E-state index >= 15 is 0 Å². The molecule has 104 valence electrons. The van der Waals surface area contributed by atoms with Crippen molar-refractivity contribution >= 4 is 11.9 Å². The zero-order chi connectivity index (χ0) is 13.7. The van der Waals surface area contributed by atoms with E-state index in [1.54, 1.807) is 17.0 Å². The zero-order valence-corrected chi connectivity index (χ0v) is 10.5. The van der Waals surface area contributed by atoms with Gasteiger partial charge in [-0.05, 0) is 18.6 Å². The third-order valence-corrected chi connectivity index (χ3v) is 2.87. The highest BCUT2D eigenvalue weighted by atomic mass is 16.3. The van der Waals surface area contributed by atoms with Crippen LogP contribution in [0.5, 0.6) is 0 Å². The molecule has 0 unspecified atom stereocenters. The fourth-order valence-corrected chi connectivity index (χ4v) is 1.95. The number of imide groups is 1. The molecule has 0 spiro atoms. The van der Waals surface area contributed by atoms with Crippen molar-refractivity contribution in [3.63, 3.8) is 0 Å². The molecule has 7 heteroatoms. The maximum Gasteiger partial charge on any atom is 0.321 e. The van der Waals surface area contributed by atoms with Crippen LogP contribution in [0, 0.1) is 0 Å². The molecule has 2 heterocycles. The predicted molar refractivity (Wildman–Crippen MR) is 66.2 cm³/mol. The van der Waals surface area contributed by atoms with Gasteiger partial charge in [0.05, 0.1) is 25.5 Å². The van der Waals surface area contributed by atoms with Crippen LogP contribution in [0.4, 0.5) is 4.79 Å². The summed E-state index contributed by atoms with van der Waals surface area (Å²) in [5.74, 6) is 0.233. The van der Waals surface area contributed by atoms with Crippen LogP contribution in [0.1, 0.15) is 12.2 Å². The SMILES string of the molecule is O=C(CN1CC[C@H](O)C1)NC(=O)NCc1ccco1. The van der Waals surface area contributed by atoms with Crippen molar-refractivity contribution in [2.24, 2.45) is 0 Å². The molecule has 1 aromatic rings. The number of carbonyl (C=O) groups excluding carboxylic acids is 2. The summed E-state index contributed by atoms with van der Waals surface area (Å²) in [5, 5.41) is 14.1. The minimum Gasteiger partial charge on any atom is -0.467 e. The van der Waals surface area contributed by atoms with E-state index in [1.165, 1.54) is 6.26 Å². The zero-order valence-electron chi connectivity index (χ0n) is 10.5. The molecule has 0 aromatic carbocycles. The number of carbonyl (C=O) groups is 2. The lowest BCUT2D eigenvalue weighted by atomic mass is 10.3. The first-order valence-electron chi connectivity index (χ1n) is 6.14. The van der Waals surface area contributed by atoms with Gasteiger partial charge in [0.1, 0.15) is 5.76 Å². The Labute approximate surface area is 110 Å². The second kappa shape index (κ2) is 6.35. The number of nitrogens with zero attached hydrogens (tertiary/aromatic N) is 1. The molecule has 1 fully saturated rings. The van der Waals surface area contributed by atoms with Gasteiger partial charge in [0.2, 0.25) is 5.91 Å². The van der Waals surface area contributed by atoms with Crippen LogP contribution in [-0.2, 0) is 11.3 Å². The van der Waals surface area contributed by atoms with Gasteiger partial charge in [0.25, 0.3) is 0 Å². The van der Waals surface area contributed by atoms with Gasteiger partial charge in [-0.1, -0.05) is 0 Å². The smallest absolute Gasteiger partial charge is 0.321 e. The molecule has 3 amide bonds. The fourth-order valence-electron chi connectivity index (χ4n) is 1.95. The number of β-amino-alcohol motifs (C(OH)–C–C–N with tert-alkyl or cyclic N) is 1. The molecule has 1 atom stereocenters. The van der Waals surface area contributed by atoms with Gasteiger partial charge in [-0.25, -0.2) is 4.79 Å². The van der Waals surface area contributed by atoms with Crippen molar-refractivity contribution in [3.8, 4) is 0 Å². The second-order valence-corrected chi connectivity index (χ2v) is 4.49. The fraction of sp³-hybridized carbons (Fsp3) is 0.500. The standard InChI is InChI=1S/C12H17N3O4/c16-9-3-4-15(7-9)8-11(17)14-12(18)13-6-10-2-1-5-19-10/h1-2,5,9,16H,3-4,6-8H2,(H2,13,14,17,18)/t9-/m0/s1. The molecule has 1 aliphatic heterocycles. The molecule has 7 nitrogen and oxygen atoms in total. The third-order valence-electron chi connectivity index (χ3n) is 2.87. The Morgan fingerprint density at radius 3 is 3.00 bits per heavy atom. The van der Waals surface area contributed by atoms with Gasteiger partial charge in [0.15, 0.2) is 0 Å². The molecule has 0 saturated carbocycles. The summed E-state index contributed by atoms with van der Waals surface area (Å²) in [5.41, 5.74) is 0. The van der Waals surface area contributed by atoms with Crippen molar-refractivity contribution in [2.75, 3.05) is 19.6 Å². The first kappa shape index (κ1) is 13.6. The number of aliphatic hydroxyl groups is 1. The first-order valence-corrected chi connectivity index (χ1v) is 6.14. The Balaban J connectivity index is 1.65. The van der Waals surface area contributed by atoms with Crippen LogP contribution in [0.25, 0.3) is 0 Å². The van der Waals surface area contributed by atoms with E-state index in [9.17, 15) is 14.7 Å². The van der Waals surface area contributed by atoms with Crippen molar-refractivity contribution in [3.05, 3.63) is 24.2 Å². The van der Waals surface area contributed by atoms with Crippen molar-refractivity contribution in [2.45, 2.75) is 19.1 Å². The number of hydrogen-bond donors (Lipinski definition) is 3. The lowest BCUT2D eigenvalue weighted by Crippen LogP contribution is -2.44. The molecule has 0 bridgehead atoms. The summed E-state index contributed by atoms with van der Waals surface area (Å²) in [6.45, 7) is 1.49. The van der Waals surface area contributed by atoms with Crippen LogP contribution >= 0.6 is 0 Å². The quantitative estimate of drug-likeness (QED) is 0.694. The van der Waals surface area contributed by atoms with Gasteiger partial charge in [-0.3, -0.25) is 15.0 Å². The van der Waals surface area contributed by atoms with E-state index in [-0.39, 0.29) is 25.1 Å². The second-order valence-electron chi connectivity index (χ2n) is 4.49. The van der Waals surface area contributed by atoms with E-state index in [0.717, 1.165) is 0 Å². The number of rotatable bonds is 4. The summed E-state index contributed by atoms with van der Waals surface area (Å²) in [6.07, 6.45) is 1.80. The number of nitrogens with one attached hydrogen (secondary N) is 2. The maximum absolute atomic E-state index is 11.6. The number of amides is 3. The Morgan fingerprint density at radius 2 is 2.37 bits per heavy atom. The van der Waals surface area contributed by atoms with Crippen molar-refractivity contribution in [1.29, 1.82) is 0 Å². The Kier molecular flexibility index (Phi) is 4.53. The highest BCUT2D eigenvalue weighted by molar-refractivity contribution is 5.95. The molecule has 1 saturated heterocycles. The van der Waals surface area contributed by atoms with Crippen LogP contribution in [0.15, 0.2) is 22.8 Å². The van der Waals surface area contributed by atoms with E-state index in [1.807, 2.05) is 0 Å². The van der Waals surface area contributed by atoms with Crippen molar-refractivity contribution in [1.82, 2.24) is 15.5 Å². The third kappa shape index (κ3) is 4.38. The highest BCUT2D eigenvalue weighted by Gasteiger charge is 2.22. The number of urea groups is 1. The van der Waals surface area contributed by atoms with Gasteiger partial charge in [-0.15, -0.1) is 0 Å². The van der Waals surface area contributed by atoms with E-state index < -0.39 is 6.03 Å². The molecule has 3 N–H and O–H groups in total. The topological polar surface area (TPSA) is 94.8 Å². The average Bonchev–Trinajstić information content (AvgIpc) is 2.98. The number of furan rings is 1. The summed E-state index contributed by atoms with van der Waals surface area (Å²) < 4.78 is 5.04. The van der Waals surface area contributed by atoms with Crippen LogP contribution in [-0.4, -0.2) is 47.7 Å². The van der Waals surface area contributed by atoms with Gasteiger partial charge < -0.3 is 14.8 Å². The summed E-state index contributed by atoms with van der Waals surface area (Å²) in [6, 6.07) is 2.90. The summed E-state index contributed by atoms with van der Waals surface area (Å²) in [4.78, 5) is 24.8. The molecule has 1 aliphatic rings. The number of likely N-dealkylation sites (tertiary alicyclic amines) is 1. The molecule has 0 radical (unpaired) electrons. The lowest BCUT2D eigenvalue weighted by molar-refractivity contribution is -0.121. The Hall–Kier alpha value is -1.86. The average molecular weight is 267 g/mol. The minimum atomic E-state index is -0.554. The largest absolute Gasteiger partial charge is 0.467 e. The Morgan fingerprint density at radius 1 is 1.53 bits per heavy atom. The summed E-state index contributed by atoms with van der Waals surface area (Å²) >= 11 is 0. The molecule has 0 aliphatic carbocycles. The van der Waals surface area contributed by atoms with Crippen LogP contribution in [0.3, 0.4) is 0 Å². The van der Waals surface area contributed by atoms with Gasteiger partial charge in [0, 0.05) is 13.1 Å². The first-order chi connectivity index (χ1) is 9.13. The highest BCUT2D eigenvalue weighted by Crippen LogP contribution is 2.07. The van der Waals surface area contributed by atoms with Crippen molar-refractivity contribution < 1.29 is 19.1 Å². The molecular weight excluding hydrogens is 250 g/mol.